The third kappa shape index (κ3) is 4.23. The monoisotopic (exact) mass is 355 g/mol. The molecule has 2 aromatic rings. The number of nitrogens with zero attached hydrogens (tertiary/aromatic N) is 1. The van der Waals surface area contributed by atoms with E-state index in [0.29, 0.717) is 0 Å². The van der Waals surface area contributed by atoms with Gasteiger partial charge in [-0.15, -0.1) is 12.4 Å². The van der Waals surface area contributed by atoms with Crippen LogP contribution in [0.2, 0.25) is 0 Å². The SMILES string of the molecule is Cl.O=S(=O)(O)c1ccc(-c2ccc(N3CCOCC3)cc2)cc1. The predicted octanol–water partition coefficient (Wildman–Crippen LogP) is 2.86. The van der Waals surface area contributed by atoms with Gasteiger partial charge in [-0.25, -0.2) is 0 Å². The molecule has 0 aromatic heterocycles. The van der Waals surface area contributed by atoms with Gasteiger partial charge >= 0.3 is 0 Å². The highest BCUT2D eigenvalue weighted by atomic mass is 35.5. The normalized spacial score (nSPS) is 15.1. The van der Waals surface area contributed by atoms with Crippen LogP contribution in [0.25, 0.3) is 11.1 Å². The van der Waals surface area contributed by atoms with E-state index in [0.717, 1.165) is 43.1 Å². The summed E-state index contributed by atoms with van der Waals surface area (Å²) in [4.78, 5) is 2.18. The summed E-state index contributed by atoms with van der Waals surface area (Å²) in [6, 6.07) is 14.3. The molecule has 1 aliphatic rings. The van der Waals surface area contributed by atoms with Crippen molar-refractivity contribution in [3.05, 3.63) is 48.5 Å². The summed E-state index contributed by atoms with van der Waals surface area (Å²) in [6.45, 7) is 3.28. The van der Waals surface area contributed by atoms with Crippen LogP contribution in [-0.2, 0) is 14.9 Å². The van der Waals surface area contributed by atoms with Crippen LogP contribution in [0.1, 0.15) is 0 Å². The fraction of sp³-hybridized carbons (Fsp3) is 0.250. The largest absolute Gasteiger partial charge is 0.378 e. The van der Waals surface area contributed by atoms with Crippen LogP contribution in [0, 0.1) is 0 Å². The van der Waals surface area contributed by atoms with Crippen LogP contribution in [-0.4, -0.2) is 39.3 Å². The van der Waals surface area contributed by atoms with E-state index in [2.05, 4.69) is 17.0 Å². The zero-order valence-electron chi connectivity index (χ0n) is 12.4. The summed E-state index contributed by atoms with van der Waals surface area (Å²) in [5.74, 6) is 0. The lowest BCUT2D eigenvalue weighted by atomic mass is 10.1. The lowest BCUT2D eigenvalue weighted by Gasteiger charge is -2.28. The van der Waals surface area contributed by atoms with E-state index in [4.69, 9.17) is 9.29 Å². The van der Waals surface area contributed by atoms with Crippen molar-refractivity contribution in [1.29, 1.82) is 0 Å². The first-order chi connectivity index (χ1) is 10.5. The minimum absolute atomic E-state index is 0. The van der Waals surface area contributed by atoms with Gasteiger partial charge in [-0.3, -0.25) is 4.55 Å². The second-order valence-corrected chi connectivity index (χ2v) is 6.57. The Balaban J connectivity index is 0.00000192. The Hall–Kier alpha value is -1.60. The maximum absolute atomic E-state index is 11.0. The average molecular weight is 356 g/mol. The van der Waals surface area contributed by atoms with Crippen molar-refractivity contribution < 1.29 is 17.7 Å². The van der Waals surface area contributed by atoms with Gasteiger partial charge in [0.15, 0.2) is 0 Å². The molecule has 0 radical (unpaired) electrons. The molecular weight excluding hydrogens is 338 g/mol. The first-order valence-electron chi connectivity index (χ1n) is 7.05. The Morgan fingerprint density at radius 3 is 1.83 bits per heavy atom. The zero-order chi connectivity index (χ0) is 15.6. The minimum atomic E-state index is -4.14. The van der Waals surface area contributed by atoms with Crippen LogP contribution in [0.5, 0.6) is 0 Å². The van der Waals surface area contributed by atoms with Crippen molar-refractivity contribution >= 4 is 28.2 Å². The molecule has 0 spiro atoms. The first-order valence-corrected chi connectivity index (χ1v) is 8.49. The molecular formula is C16H18ClNO4S. The van der Waals surface area contributed by atoms with Crippen molar-refractivity contribution in [3.8, 4) is 11.1 Å². The molecule has 1 heterocycles. The van der Waals surface area contributed by atoms with Crippen molar-refractivity contribution in [2.24, 2.45) is 0 Å². The van der Waals surface area contributed by atoms with E-state index < -0.39 is 10.1 Å². The average Bonchev–Trinajstić information content (AvgIpc) is 2.55. The van der Waals surface area contributed by atoms with E-state index in [1.165, 1.54) is 12.1 Å². The van der Waals surface area contributed by atoms with Gasteiger partial charge < -0.3 is 9.64 Å². The predicted molar refractivity (Wildman–Crippen MR) is 92.0 cm³/mol. The summed E-state index contributed by atoms with van der Waals surface area (Å²) in [5.41, 5.74) is 3.06. The summed E-state index contributed by atoms with van der Waals surface area (Å²) < 4.78 is 36.4. The molecule has 1 saturated heterocycles. The highest BCUT2D eigenvalue weighted by Gasteiger charge is 2.12. The number of hydrogen-bond acceptors (Lipinski definition) is 4. The topological polar surface area (TPSA) is 66.8 Å². The maximum atomic E-state index is 11.0. The lowest BCUT2D eigenvalue weighted by Crippen LogP contribution is -2.36. The number of anilines is 1. The van der Waals surface area contributed by atoms with E-state index in [-0.39, 0.29) is 17.3 Å². The third-order valence-corrected chi connectivity index (χ3v) is 4.60. The van der Waals surface area contributed by atoms with E-state index >= 15 is 0 Å². The molecule has 7 heteroatoms. The van der Waals surface area contributed by atoms with Crippen molar-refractivity contribution in [2.75, 3.05) is 31.2 Å². The van der Waals surface area contributed by atoms with Crippen molar-refractivity contribution in [1.82, 2.24) is 0 Å². The zero-order valence-corrected chi connectivity index (χ0v) is 14.0. The molecule has 0 saturated carbocycles. The molecule has 1 N–H and O–H groups in total. The Bertz CT molecular complexity index is 739. The van der Waals surface area contributed by atoms with Crippen LogP contribution < -0.4 is 4.90 Å². The van der Waals surface area contributed by atoms with Crippen molar-refractivity contribution in [2.45, 2.75) is 4.90 Å². The summed E-state index contributed by atoms with van der Waals surface area (Å²) in [6.07, 6.45) is 0. The molecule has 0 unspecified atom stereocenters. The summed E-state index contributed by atoms with van der Waals surface area (Å²) >= 11 is 0. The van der Waals surface area contributed by atoms with E-state index in [1.54, 1.807) is 12.1 Å². The fourth-order valence-electron chi connectivity index (χ4n) is 2.51. The molecule has 5 nitrogen and oxygen atoms in total. The quantitative estimate of drug-likeness (QED) is 0.857. The highest BCUT2D eigenvalue weighted by Crippen LogP contribution is 2.24. The Labute approximate surface area is 142 Å². The number of hydrogen-bond donors (Lipinski definition) is 1. The number of ether oxygens (including phenoxy) is 1. The molecule has 0 aliphatic carbocycles. The molecule has 2 aromatic carbocycles. The second-order valence-electron chi connectivity index (χ2n) is 5.15. The third-order valence-electron chi connectivity index (χ3n) is 3.73. The van der Waals surface area contributed by atoms with Gasteiger partial charge in [-0.2, -0.15) is 8.42 Å². The van der Waals surface area contributed by atoms with Gasteiger partial charge in [0.25, 0.3) is 10.1 Å². The fourth-order valence-corrected chi connectivity index (χ4v) is 2.99. The number of halogens is 1. The molecule has 0 bridgehead atoms. The Morgan fingerprint density at radius 1 is 0.870 bits per heavy atom. The molecule has 23 heavy (non-hydrogen) atoms. The maximum Gasteiger partial charge on any atom is 0.294 e. The molecule has 0 atom stereocenters. The van der Waals surface area contributed by atoms with Gasteiger partial charge in [0.05, 0.1) is 18.1 Å². The van der Waals surface area contributed by atoms with Crippen molar-refractivity contribution in [3.63, 3.8) is 0 Å². The molecule has 0 amide bonds. The summed E-state index contributed by atoms with van der Waals surface area (Å²) in [7, 11) is -4.14. The van der Waals surface area contributed by atoms with E-state index in [1.807, 2.05) is 12.1 Å². The van der Waals surface area contributed by atoms with Gasteiger partial charge in [-0.05, 0) is 35.4 Å². The standard InChI is InChI=1S/C16H17NO4S.ClH/c18-22(19,20)16-7-3-14(4-8-16)13-1-5-15(6-2-13)17-9-11-21-12-10-17;/h1-8H,9-12H2,(H,18,19,20);1H. The second kappa shape index (κ2) is 7.31. The molecule has 124 valence electrons. The highest BCUT2D eigenvalue weighted by molar-refractivity contribution is 7.85. The van der Waals surface area contributed by atoms with E-state index in [9.17, 15) is 8.42 Å². The molecule has 3 rings (SSSR count). The smallest absolute Gasteiger partial charge is 0.294 e. The Kier molecular flexibility index (Phi) is 5.64. The molecule has 1 fully saturated rings. The number of rotatable bonds is 3. The van der Waals surface area contributed by atoms with Crippen LogP contribution >= 0.6 is 12.4 Å². The van der Waals surface area contributed by atoms with Gasteiger partial charge in [0.1, 0.15) is 0 Å². The van der Waals surface area contributed by atoms with Crippen LogP contribution in [0.4, 0.5) is 5.69 Å². The Morgan fingerprint density at radius 2 is 1.35 bits per heavy atom. The number of benzene rings is 2. The van der Waals surface area contributed by atoms with Gasteiger partial charge in [0.2, 0.25) is 0 Å². The molecule has 1 aliphatic heterocycles. The first kappa shape index (κ1) is 17.7. The van der Waals surface area contributed by atoms with Crippen LogP contribution in [0.15, 0.2) is 53.4 Å². The van der Waals surface area contributed by atoms with Gasteiger partial charge in [-0.1, -0.05) is 24.3 Å². The summed E-state index contributed by atoms with van der Waals surface area (Å²) in [5, 5.41) is 0. The number of morpholine rings is 1. The lowest BCUT2D eigenvalue weighted by molar-refractivity contribution is 0.122. The van der Waals surface area contributed by atoms with Crippen LogP contribution in [0.3, 0.4) is 0 Å². The minimum Gasteiger partial charge on any atom is -0.378 e. The van der Waals surface area contributed by atoms with Gasteiger partial charge in [0, 0.05) is 18.8 Å².